The molecule has 0 aliphatic heterocycles. The van der Waals surface area contributed by atoms with Gasteiger partial charge in [0.25, 0.3) is 0 Å². The molecule has 0 bridgehead atoms. The maximum Gasteiger partial charge on any atom is 0.573 e. The molecular weight excluding hydrogens is 455 g/mol. The summed E-state index contributed by atoms with van der Waals surface area (Å²) >= 11 is 0. The molecule has 0 aromatic heterocycles. The maximum absolute atomic E-state index is 12.2. The van der Waals surface area contributed by atoms with E-state index in [-0.39, 0.29) is 23.8 Å². The first-order chi connectivity index (χ1) is 14.9. The number of methoxy groups -OCH3 is 1. The Balaban J connectivity index is 1.91. The van der Waals surface area contributed by atoms with Crippen LogP contribution < -0.4 is 24.8 Å². The highest BCUT2D eigenvalue weighted by molar-refractivity contribution is 7.89. The number of benzene rings is 2. The van der Waals surface area contributed by atoms with Crippen molar-refractivity contribution >= 4 is 33.2 Å². The molecule has 174 valence electrons. The van der Waals surface area contributed by atoms with Crippen LogP contribution in [0.4, 0.5) is 24.5 Å². The summed E-state index contributed by atoms with van der Waals surface area (Å²) in [6.07, 6.45) is -5.11. The fourth-order valence-electron chi connectivity index (χ4n) is 2.49. The number of carbonyl (C=O) groups is 2. The smallest absolute Gasteiger partial charge is 0.494 e. The summed E-state index contributed by atoms with van der Waals surface area (Å²) in [5.41, 5.74) is 0.779. The molecule has 0 unspecified atom stereocenters. The van der Waals surface area contributed by atoms with Crippen LogP contribution >= 0.6 is 0 Å². The number of nitrogens with one attached hydrogen (secondary N) is 3. The van der Waals surface area contributed by atoms with E-state index in [9.17, 15) is 31.2 Å². The Morgan fingerprint density at radius 2 is 1.69 bits per heavy atom. The third-order valence-electron chi connectivity index (χ3n) is 3.81. The molecule has 2 aromatic carbocycles. The molecule has 0 aliphatic carbocycles. The van der Waals surface area contributed by atoms with Gasteiger partial charge in [-0.1, -0.05) is 0 Å². The first-order valence-corrected chi connectivity index (χ1v) is 10.5. The monoisotopic (exact) mass is 475 g/mol. The molecule has 0 aliphatic rings. The number of anilines is 2. The van der Waals surface area contributed by atoms with E-state index < -0.39 is 28.0 Å². The van der Waals surface area contributed by atoms with Gasteiger partial charge in [0.05, 0.1) is 17.7 Å². The number of hydrogen-bond donors (Lipinski definition) is 3. The topological polar surface area (TPSA) is 123 Å². The second kappa shape index (κ2) is 10.3. The molecule has 0 heterocycles. The molecule has 13 heteroatoms. The van der Waals surface area contributed by atoms with E-state index in [2.05, 4.69) is 20.1 Å². The average Bonchev–Trinajstić information content (AvgIpc) is 2.67. The predicted octanol–water partition coefficient (Wildman–Crippen LogP) is 2.86. The summed E-state index contributed by atoms with van der Waals surface area (Å²) in [6.45, 7) is 1.08. The molecule has 3 N–H and O–H groups in total. The minimum absolute atomic E-state index is 0.218. The molecule has 2 rings (SSSR count). The lowest BCUT2D eigenvalue weighted by atomic mass is 10.2. The Labute approximate surface area is 182 Å². The van der Waals surface area contributed by atoms with Crippen molar-refractivity contribution < 1.29 is 40.7 Å². The first-order valence-electron chi connectivity index (χ1n) is 9.00. The number of carbonyl (C=O) groups excluding carboxylic acids is 2. The maximum atomic E-state index is 12.2. The number of hydrogen-bond acceptors (Lipinski definition) is 6. The quantitative estimate of drug-likeness (QED) is 0.513. The molecule has 0 fully saturated rings. The first kappa shape index (κ1) is 24.9. The zero-order valence-corrected chi connectivity index (χ0v) is 17.8. The molecule has 0 saturated carbocycles. The number of rotatable bonds is 9. The van der Waals surface area contributed by atoms with Crippen LogP contribution in [0.2, 0.25) is 0 Å². The van der Waals surface area contributed by atoms with Crippen LogP contribution in [0.1, 0.15) is 13.3 Å². The Morgan fingerprint density at radius 3 is 2.25 bits per heavy atom. The average molecular weight is 475 g/mol. The third-order valence-corrected chi connectivity index (χ3v) is 5.28. The van der Waals surface area contributed by atoms with Crippen molar-refractivity contribution in [3.05, 3.63) is 42.5 Å². The fourth-order valence-corrected chi connectivity index (χ4v) is 3.52. The minimum Gasteiger partial charge on any atom is -0.494 e. The van der Waals surface area contributed by atoms with Gasteiger partial charge in [-0.05, 0) is 36.4 Å². The zero-order chi connectivity index (χ0) is 23.9. The van der Waals surface area contributed by atoms with E-state index in [4.69, 9.17) is 4.74 Å². The van der Waals surface area contributed by atoms with Crippen LogP contribution in [-0.2, 0) is 19.6 Å². The summed E-state index contributed by atoms with van der Waals surface area (Å²) in [5.74, 6) is -1.04. The lowest BCUT2D eigenvalue weighted by Crippen LogP contribution is -2.27. The van der Waals surface area contributed by atoms with Crippen molar-refractivity contribution in [1.82, 2.24) is 4.72 Å². The summed E-state index contributed by atoms with van der Waals surface area (Å²) in [4.78, 5) is 23.0. The Morgan fingerprint density at radius 1 is 1.03 bits per heavy atom. The van der Waals surface area contributed by atoms with E-state index in [0.717, 1.165) is 24.3 Å². The van der Waals surface area contributed by atoms with E-state index in [1.54, 1.807) is 0 Å². The number of alkyl halides is 3. The van der Waals surface area contributed by atoms with Crippen molar-refractivity contribution in [2.45, 2.75) is 24.6 Å². The van der Waals surface area contributed by atoms with Crippen molar-refractivity contribution in [1.29, 1.82) is 0 Å². The third kappa shape index (κ3) is 7.74. The van der Waals surface area contributed by atoms with E-state index >= 15 is 0 Å². The molecule has 9 nitrogen and oxygen atoms in total. The number of ether oxygens (including phenoxy) is 2. The van der Waals surface area contributed by atoms with Crippen LogP contribution in [0.25, 0.3) is 0 Å². The normalized spacial score (nSPS) is 11.5. The minimum atomic E-state index is -4.89. The molecule has 2 amide bonds. The van der Waals surface area contributed by atoms with Crippen LogP contribution in [-0.4, -0.2) is 40.2 Å². The summed E-state index contributed by atoms with van der Waals surface area (Å²) < 4.78 is 72.0. The van der Waals surface area contributed by atoms with Gasteiger partial charge in [-0.2, -0.15) is 0 Å². The lowest BCUT2D eigenvalue weighted by Gasteiger charge is -2.12. The highest BCUT2D eigenvalue weighted by Gasteiger charge is 2.31. The summed E-state index contributed by atoms with van der Waals surface area (Å²) in [7, 11) is -2.65. The predicted molar refractivity (Wildman–Crippen MR) is 109 cm³/mol. The Hall–Kier alpha value is -3.32. The van der Waals surface area contributed by atoms with Crippen LogP contribution in [0, 0.1) is 0 Å². The van der Waals surface area contributed by atoms with Gasteiger partial charge in [-0.25, -0.2) is 13.1 Å². The van der Waals surface area contributed by atoms with Gasteiger partial charge in [-0.15, -0.1) is 13.2 Å². The number of halogens is 3. The molecule has 0 radical (unpaired) electrons. The largest absolute Gasteiger partial charge is 0.573 e. The Bertz CT molecular complexity index is 1070. The van der Waals surface area contributed by atoms with E-state index in [0.29, 0.717) is 17.1 Å². The van der Waals surface area contributed by atoms with E-state index in [1.165, 1.54) is 32.2 Å². The lowest BCUT2D eigenvalue weighted by molar-refractivity contribution is -0.274. The highest BCUT2D eigenvalue weighted by Crippen LogP contribution is 2.28. The van der Waals surface area contributed by atoms with Crippen LogP contribution in [0.15, 0.2) is 47.4 Å². The molecule has 0 atom stereocenters. The van der Waals surface area contributed by atoms with E-state index in [1.807, 2.05) is 0 Å². The SMILES string of the molecule is COc1cc(NC(=O)CCNS(=O)(=O)c2ccc(OC(F)(F)F)cc2)ccc1NC(C)=O. The molecule has 2 aromatic rings. The van der Waals surface area contributed by atoms with Crippen molar-refractivity contribution in [3.8, 4) is 11.5 Å². The highest BCUT2D eigenvalue weighted by atomic mass is 32.2. The van der Waals surface area contributed by atoms with Gasteiger partial charge in [0.2, 0.25) is 21.8 Å². The molecule has 32 heavy (non-hydrogen) atoms. The second-order valence-electron chi connectivity index (χ2n) is 6.31. The summed E-state index contributed by atoms with van der Waals surface area (Å²) in [5, 5.41) is 5.13. The van der Waals surface area contributed by atoms with Gasteiger partial charge in [0.15, 0.2) is 0 Å². The summed E-state index contributed by atoms with van der Waals surface area (Å²) in [6, 6.07) is 8.18. The van der Waals surface area contributed by atoms with Gasteiger partial charge >= 0.3 is 6.36 Å². The zero-order valence-electron chi connectivity index (χ0n) is 16.9. The second-order valence-corrected chi connectivity index (χ2v) is 8.08. The van der Waals surface area contributed by atoms with Crippen molar-refractivity contribution in [2.24, 2.45) is 0 Å². The molecular formula is C19H20F3N3O6S. The van der Waals surface area contributed by atoms with Gasteiger partial charge in [0, 0.05) is 31.6 Å². The number of amides is 2. The van der Waals surface area contributed by atoms with Gasteiger partial charge < -0.3 is 20.1 Å². The van der Waals surface area contributed by atoms with Crippen molar-refractivity contribution in [3.63, 3.8) is 0 Å². The molecule has 0 spiro atoms. The van der Waals surface area contributed by atoms with Crippen molar-refractivity contribution in [2.75, 3.05) is 24.3 Å². The number of sulfonamides is 1. The van der Waals surface area contributed by atoms with Crippen LogP contribution in [0.3, 0.4) is 0 Å². The molecule has 0 saturated heterocycles. The van der Waals surface area contributed by atoms with Gasteiger partial charge in [0.1, 0.15) is 11.5 Å². The fraction of sp³-hybridized carbons (Fsp3) is 0.263. The Kier molecular flexibility index (Phi) is 8.05. The van der Waals surface area contributed by atoms with Gasteiger partial charge in [-0.3, -0.25) is 9.59 Å². The van der Waals surface area contributed by atoms with Crippen LogP contribution in [0.5, 0.6) is 11.5 Å². The standard InChI is InChI=1S/C19H20F3N3O6S/c1-12(26)24-16-8-3-13(11-17(16)30-2)25-18(27)9-10-23-32(28,29)15-6-4-14(5-7-15)31-19(20,21)22/h3-8,11,23H,9-10H2,1-2H3,(H,24,26)(H,25,27).